The Balaban J connectivity index is 0.936. The molecule has 2 aromatic carbocycles. The number of anilines is 4. The maximum absolute atomic E-state index is 12.4. The number of carbonyl (C=O) groups excluding carboxylic acids is 4. The Morgan fingerprint density at radius 2 is 0.833 bits per heavy atom. The molecule has 0 spiro atoms. The third-order valence-electron chi connectivity index (χ3n) is 9.25. The van der Waals surface area contributed by atoms with E-state index in [0.29, 0.717) is 24.7 Å². The maximum atomic E-state index is 12.4. The van der Waals surface area contributed by atoms with Gasteiger partial charge in [-0.1, -0.05) is 47.5 Å². The van der Waals surface area contributed by atoms with Crippen LogP contribution < -0.4 is 76.6 Å². The summed E-state index contributed by atoms with van der Waals surface area (Å²) in [6.45, 7) is 3.21. The second kappa shape index (κ2) is 30.3. The topological polar surface area (TPSA) is 456 Å². The van der Waals surface area contributed by atoms with Crippen molar-refractivity contribution in [1.29, 1.82) is 0 Å². The molecule has 28 nitrogen and oxygen atoms in total. The maximum Gasteiger partial charge on any atom is 0.280 e. The van der Waals surface area contributed by atoms with E-state index in [9.17, 15) is 19.2 Å². The highest BCUT2D eigenvalue weighted by Gasteiger charge is 2.27. The molecular weight excluding hydrogens is 987 g/mol. The smallest absolute Gasteiger partial charge is 0.280 e. The minimum Gasteiger partial charge on any atom is -0.491 e. The van der Waals surface area contributed by atoms with E-state index in [1.165, 1.54) is 0 Å². The van der Waals surface area contributed by atoms with Gasteiger partial charge >= 0.3 is 0 Å². The molecule has 2 heterocycles. The molecule has 4 aromatic rings. The third kappa shape index (κ3) is 20.1. The summed E-state index contributed by atoms with van der Waals surface area (Å²) in [6, 6.07) is 11.6. The van der Waals surface area contributed by atoms with Crippen LogP contribution in [0.15, 0.2) is 58.5 Å². The van der Waals surface area contributed by atoms with E-state index in [4.69, 9.17) is 97.5 Å². The average molecular weight is 1050 g/mol. The van der Waals surface area contributed by atoms with Gasteiger partial charge in [0, 0.05) is 13.1 Å². The minimum atomic E-state index is -1.29. The van der Waals surface area contributed by atoms with Crippen molar-refractivity contribution in [3.8, 4) is 11.5 Å². The predicted molar refractivity (Wildman–Crippen MR) is 266 cm³/mol. The number of nitrogen functional groups attached to an aromatic ring is 4. The number of aliphatic imine (C=N–C) groups is 2. The molecule has 0 radical (unpaired) electrons. The molecular formula is C42H58Cl2N18O10. The number of ether oxygens (including phenoxy) is 6. The van der Waals surface area contributed by atoms with Crippen LogP contribution in [0.5, 0.6) is 11.5 Å². The quantitative estimate of drug-likeness (QED) is 0.0156. The van der Waals surface area contributed by atoms with Crippen molar-refractivity contribution in [2.24, 2.45) is 32.9 Å². The van der Waals surface area contributed by atoms with Crippen molar-refractivity contribution in [2.75, 3.05) is 102 Å². The normalized spacial score (nSPS) is 12.4. The van der Waals surface area contributed by atoms with Crippen molar-refractivity contribution in [3.05, 3.63) is 81.4 Å². The first kappa shape index (κ1) is 57.1. The van der Waals surface area contributed by atoms with E-state index in [2.05, 4.69) is 51.2 Å². The second-order valence-electron chi connectivity index (χ2n) is 14.6. The Kier molecular flexibility index (Phi) is 24.1. The first-order chi connectivity index (χ1) is 34.5. The Hall–Kier alpha value is -7.44. The third-order valence-corrected chi connectivity index (χ3v) is 9.81. The van der Waals surface area contributed by atoms with Gasteiger partial charge in [-0.2, -0.15) is 0 Å². The summed E-state index contributed by atoms with van der Waals surface area (Å²) in [6.07, 6.45) is 0. The van der Waals surface area contributed by atoms with Gasteiger partial charge in [-0.15, -0.1) is 0 Å². The molecule has 30 heteroatoms. The van der Waals surface area contributed by atoms with Gasteiger partial charge in [-0.25, -0.2) is 29.9 Å². The predicted octanol–water partition coefficient (Wildman–Crippen LogP) is -2.20. The minimum absolute atomic E-state index is 0.106. The molecule has 0 fully saturated rings. The number of benzene rings is 2. The Labute approximate surface area is 422 Å². The molecule has 72 heavy (non-hydrogen) atoms. The zero-order chi connectivity index (χ0) is 52.4. The lowest BCUT2D eigenvalue weighted by molar-refractivity contribution is -0.129. The lowest BCUT2D eigenvalue weighted by Crippen LogP contribution is -2.58. The largest absolute Gasteiger partial charge is 0.491 e. The van der Waals surface area contributed by atoms with Crippen LogP contribution in [0, 0.1) is 0 Å². The zero-order valence-electron chi connectivity index (χ0n) is 38.8. The summed E-state index contributed by atoms with van der Waals surface area (Å²) in [5.41, 5.74) is 47.0. The van der Waals surface area contributed by atoms with E-state index in [0.717, 1.165) is 11.1 Å². The first-order valence-corrected chi connectivity index (χ1v) is 22.5. The number of carbonyl (C=O) groups is 4. The number of hydrogen-bond acceptors (Lipinski definition) is 22. The van der Waals surface area contributed by atoms with Crippen LogP contribution in [0.1, 0.15) is 32.1 Å². The summed E-state index contributed by atoms with van der Waals surface area (Å²) in [5.74, 6) is -2.45. The molecule has 0 saturated carbocycles. The highest BCUT2D eigenvalue weighted by atomic mass is 35.5. The number of hydrogen-bond donors (Lipinski definition) is 12. The Bertz CT molecular complexity index is 2310. The van der Waals surface area contributed by atoms with Crippen LogP contribution >= 0.6 is 23.2 Å². The lowest BCUT2D eigenvalue weighted by Gasteiger charge is -2.19. The van der Waals surface area contributed by atoms with Gasteiger partial charge in [0.25, 0.3) is 11.8 Å². The fraction of sp³-hybridized carbons (Fsp3) is 0.381. The van der Waals surface area contributed by atoms with Crippen LogP contribution in [0.25, 0.3) is 0 Å². The summed E-state index contributed by atoms with van der Waals surface area (Å²) in [5, 5.41) is 9.57. The number of rotatable bonds is 29. The van der Waals surface area contributed by atoms with Crippen molar-refractivity contribution >= 4 is 82.0 Å². The van der Waals surface area contributed by atoms with E-state index < -0.39 is 35.7 Å². The van der Waals surface area contributed by atoms with E-state index in [-0.39, 0.29) is 136 Å². The molecule has 4 rings (SSSR count). The molecule has 0 aliphatic rings. The average Bonchev–Trinajstić information content (AvgIpc) is 3.35. The van der Waals surface area contributed by atoms with Gasteiger partial charge in [-0.05, 0) is 35.4 Å². The molecule has 4 amide bonds. The van der Waals surface area contributed by atoms with Crippen LogP contribution in [0.3, 0.4) is 0 Å². The lowest BCUT2D eigenvalue weighted by atomic mass is 10.1. The molecule has 0 aliphatic carbocycles. The fourth-order valence-corrected chi connectivity index (χ4v) is 5.77. The van der Waals surface area contributed by atoms with E-state index in [1.54, 1.807) is 48.5 Å². The van der Waals surface area contributed by atoms with E-state index in [1.807, 2.05) is 0 Å². The molecule has 20 N–H and O–H groups in total. The highest BCUT2D eigenvalue weighted by molar-refractivity contribution is 6.32. The molecule has 2 atom stereocenters. The van der Waals surface area contributed by atoms with Gasteiger partial charge in [-0.3, -0.25) is 29.8 Å². The number of amides is 4. The SMILES string of the molecule is NC(=NCc1ccc(OCCOCCOCCNC(=O)C(N)C(N)C(=O)NCCOCCOCCOc2ccc(CN=C(N)NC(=O)c3nc(Cl)c(N)nc3N)cc2)cc1)NC(=O)c1nc(Cl)c(N)nc1N. The van der Waals surface area contributed by atoms with Gasteiger partial charge in [0.15, 0.2) is 56.9 Å². The number of halogens is 2. The summed E-state index contributed by atoms with van der Waals surface area (Å²) < 4.78 is 33.3. The number of nitrogens with zero attached hydrogens (tertiary/aromatic N) is 6. The highest BCUT2D eigenvalue weighted by Crippen LogP contribution is 2.19. The Morgan fingerprint density at radius 3 is 1.19 bits per heavy atom. The molecule has 0 saturated heterocycles. The fourth-order valence-electron chi connectivity index (χ4n) is 5.52. The van der Waals surface area contributed by atoms with Crippen molar-refractivity contribution in [3.63, 3.8) is 0 Å². The van der Waals surface area contributed by atoms with Gasteiger partial charge < -0.3 is 84.9 Å². The number of nitrogens with one attached hydrogen (secondary N) is 4. The molecule has 2 unspecified atom stereocenters. The number of aromatic nitrogens is 4. The molecule has 2 aromatic heterocycles. The summed E-state index contributed by atoms with van der Waals surface area (Å²) >= 11 is 11.6. The van der Waals surface area contributed by atoms with Gasteiger partial charge in [0.2, 0.25) is 11.8 Å². The molecule has 390 valence electrons. The van der Waals surface area contributed by atoms with Crippen molar-refractivity contribution in [2.45, 2.75) is 25.2 Å². The standard InChI is InChI=1S/C42H58Cl2N18O10/c43-31-35(49)59-33(47)29(57-31)39(65)61-41(51)55-21-23-1-5-25(6-2-23)71-19-17-69-15-13-67-11-9-53-37(63)27(45)28(46)38(64)54-10-12-68-14-16-70-18-20-72-26-7-3-24(4-8-26)22-56-42(52)62-40(66)30-34(48)60-36(50)32(44)58-30/h1-8,27-28H,9-22,45-46H2,(H,53,63)(H,54,64)(H4,47,49,59)(H4,48,50,60)(H3,51,55,61,65)(H3,52,56,62,66). The van der Waals surface area contributed by atoms with Crippen molar-refractivity contribution < 1.29 is 47.6 Å². The number of guanidine groups is 2. The molecule has 0 aliphatic heterocycles. The summed E-state index contributed by atoms with van der Waals surface area (Å²) in [7, 11) is 0. The van der Waals surface area contributed by atoms with E-state index >= 15 is 0 Å². The van der Waals surface area contributed by atoms with Crippen LogP contribution in [-0.2, 0) is 41.6 Å². The van der Waals surface area contributed by atoms with Gasteiger partial charge in [0.1, 0.15) is 36.8 Å². The first-order valence-electron chi connectivity index (χ1n) is 21.7. The molecule has 0 bridgehead atoms. The summed E-state index contributed by atoms with van der Waals surface area (Å²) in [4.78, 5) is 73.0. The second-order valence-corrected chi connectivity index (χ2v) is 15.4. The van der Waals surface area contributed by atoms with Crippen LogP contribution in [-0.4, -0.2) is 147 Å². The number of nitrogens with two attached hydrogens (primary N) is 8. The zero-order valence-corrected chi connectivity index (χ0v) is 40.3. The van der Waals surface area contributed by atoms with Gasteiger partial charge in [0.05, 0.1) is 65.9 Å². The Morgan fingerprint density at radius 1 is 0.500 bits per heavy atom. The van der Waals surface area contributed by atoms with Crippen LogP contribution in [0.4, 0.5) is 23.3 Å². The monoisotopic (exact) mass is 1040 g/mol. The van der Waals surface area contributed by atoms with Crippen LogP contribution in [0.2, 0.25) is 10.3 Å². The van der Waals surface area contributed by atoms with Crippen molar-refractivity contribution in [1.82, 2.24) is 41.2 Å².